The third kappa shape index (κ3) is 4.01. The van der Waals surface area contributed by atoms with Crippen molar-refractivity contribution in [2.45, 2.75) is 13.0 Å². The molecule has 3 aromatic carbocycles. The highest BCUT2D eigenvalue weighted by atomic mass is 16.5. The summed E-state index contributed by atoms with van der Waals surface area (Å²) in [5.74, 6) is 1.04. The van der Waals surface area contributed by atoms with Crippen LogP contribution in [0, 0.1) is 6.92 Å². The highest BCUT2D eigenvalue weighted by Gasteiger charge is 2.19. The number of aryl methyl sites for hydroxylation is 1. The van der Waals surface area contributed by atoms with Gasteiger partial charge in [-0.1, -0.05) is 83.5 Å². The van der Waals surface area contributed by atoms with Crippen molar-refractivity contribution < 1.29 is 4.52 Å². The van der Waals surface area contributed by atoms with E-state index in [1.807, 2.05) is 79.0 Å². The van der Waals surface area contributed by atoms with Crippen LogP contribution >= 0.6 is 0 Å². The molecule has 132 valence electrons. The molecule has 0 saturated carbocycles. The van der Waals surface area contributed by atoms with Gasteiger partial charge in [0.15, 0.2) is 0 Å². The second-order valence-corrected chi connectivity index (χ2v) is 6.33. The minimum atomic E-state index is -0.325. The number of hydrogen-bond donors (Lipinski definition) is 0. The second-order valence-electron chi connectivity index (χ2n) is 6.33. The maximum absolute atomic E-state index is 5.49. The van der Waals surface area contributed by atoms with Crippen LogP contribution in [0.2, 0.25) is 0 Å². The first-order valence-corrected chi connectivity index (χ1v) is 8.83. The molecule has 1 atom stereocenters. The Bertz CT molecular complexity index is 1020. The lowest BCUT2D eigenvalue weighted by molar-refractivity contribution is 0.420. The number of benzene rings is 3. The Labute approximate surface area is 158 Å². The maximum atomic E-state index is 5.49. The van der Waals surface area contributed by atoms with E-state index in [0.717, 1.165) is 16.7 Å². The highest BCUT2D eigenvalue weighted by molar-refractivity contribution is 5.80. The van der Waals surface area contributed by atoms with Crippen molar-refractivity contribution in [2.24, 2.45) is 4.99 Å². The van der Waals surface area contributed by atoms with Gasteiger partial charge in [0.1, 0.15) is 6.04 Å². The molecule has 0 bridgehead atoms. The molecule has 1 unspecified atom stereocenters. The van der Waals surface area contributed by atoms with E-state index >= 15 is 0 Å². The van der Waals surface area contributed by atoms with Gasteiger partial charge < -0.3 is 4.52 Å². The zero-order valence-electron chi connectivity index (χ0n) is 15.0. The molecule has 0 amide bonds. The van der Waals surface area contributed by atoms with Crippen LogP contribution in [0.5, 0.6) is 0 Å². The van der Waals surface area contributed by atoms with Gasteiger partial charge in [0.2, 0.25) is 5.82 Å². The minimum Gasteiger partial charge on any atom is -0.334 e. The topological polar surface area (TPSA) is 51.3 Å². The molecule has 4 aromatic rings. The summed E-state index contributed by atoms with van der Waals surface area (Å²) in [6.07, 6.45) is 1.86. The highest BCUT2D eigenvalue weighted by Crippen LogP contribution is 2.26. The number of rotatable bonds is 5. The molecule has 0 spiro atoms. The summed E-state index contributed by atoms with van der Waals surface area (Å²) in [4.78, 5) is 9.35. The minimum absolute atomic E-state index is 0.325. The molecule has 1 aromatic heterocycles. The Hall–Kier alpha value is -3.53. The standard InChI is InChI=1S/C23H19N3O/c1-17-12-14-18(15-13-17)16-24-21(19-8-4-2-5-9-19)22-25-23(27-26-22)20-10-6-3-7-11-20/h2-16,21H,1H3. The van der Waals surface area contributed by atoms with Crippen LogP contribution in [0.25, 0.3) is 11.5 Å². The summed E-state index contributed by atoms with van der Waals surface area (Å²) < 4.78 is 5.49. The van der Waals surface area contributed by atoms with Crippen LogP contribution in [0.3, 0.4) is 0 Å². The first-order chi connectivity index (χ1) is 13.3. The summed E-state index contributed by atoms with van der Waals surface area (Å²) >= 11 is 0. The van der Waals surface area contributed by atoms with Crippen LogP contribution in [-0.4, -0.2) is 16.4 Å². The quantitative estimate of drug-likeness (QED) is 0.460. The first-order valence-electron chi connectivity index (χ1n) is 8.83. The van der Waals surface area contributed by atoms with E-state index in [-0.39, 0.29) is 6.04 Å². The lowest BCUT2D eigenvalue weighted by atomic mass is 10.1. The molecule has 4 heteroatoms. The van der Waals surface area contributed by atoms with Gasteiger partial charge in [0.25, 0.3) is 5.89 Å². The van der Waals surface area contributed by atoms with E-state index in [2.05, 4.69) is 29.2 Å². The molecule has 0 aliphatic rings. The van der Waals surface area contributed by atoms with E-state index in [1.165, 1.54) is 5.56 Å². The van der Waals surface area contributed by atoms with Gasteiger partial charge in [-0.3, -0.25) is 4.99 Å². The molecule has 1 heterocycles. The molecular weight excluding hydrogens is 334 g/mol. The Morgan fingerprint density at radius 2 is 1.52 bits per heavy atom. The predicted octanol–water partition coefficient (Wildman–Crippen LogP) is 5.25. The zero-order valence-corrected chi connectivity index (χ0v) is 15.0. The van der Waals surface area contributed by atoms with Crippen molar-refractivity contribution in [1.29, 1.82) is 0 Å². The number of aliphatic imine (C=N–C) groups is 1. The van der Waals surface area contributed by atoms with E-state index in [1.54, 1.807) is 0 Å². The van der Waals surface area contributed by atoms with Crippen molar-refractivity contribution in [1.82, 2.24) is 10.1 Å². The predicted molar refractivity (Wildman–Crippen MR) is 107 cm³/mol. The van der Waals surface area contributed by atoms with Gasteiger partial charge in [-0.15, -0.1) is 0 Å². The van der Waals surface area contributed by atoms with Crippen molar-refractivity contribution >= 4 is 6.21 Å². The zero-order chi connectivity index (χ0) is 18.5. The van der Waals surface area contributed by atoms with Crippen molar-refractivity contribution in [3.05, 3.63) is 107 Å². The van der Waals surface area contributed by atoms with Crippen LogP contribution in [0.15, 0.2) is 94.4 Å². The number of aromatic nitrogens is 2. The molecule has 4 rings (SSSR count). The Kier molecular flexibility index (Phi) is 4.88. The van der Waals surface area contributed by atoms with E-state index in [0.29, 0.717) is 11.7 Å². The van der Waals surface area contributed by atoms with Gasteiger partial charge in [0.05, 0.1) is 0 Å². The Morgan fingerprint density at radius 1 is 0.852 bits per heavy atom. The van der Waals surface area contributed by atoms with Gasteiger partial charge >= 0.3 is 0 Å². The smallest absolute Gasteiger partial charge is 0.258 e. The molecule has 0 radical (unpaired) electrons. The first kappa shape index (κ1) is 16.9. The Balaban J connectivity index is 1.68. The molecule has 0 fully saturated rings. The lowest BCUT2D eigenvalue weighted by Gasteiger charge is -2.08. The molecule has 27 heavy (non-hydrogen) atoms. The van der Waals surface area contributed by atoms with Crippen molar-refractivity contribution in [3.63, 3.8) is 0 Å². The summed E-state index contributed by atoms with van der Waals surface area (Å²) in [6, 6.07) is 27.7. The third-order valence-corrected chi connectivity index (χ3v) is 4.27. The largest absolute Gasteiger partial charge is 0.334 e. The van der Waals surface area contributed by atoms with Crippen LogP contribution in [-0.2, 0) is 0 Å². The lowest BCUT2D eigenvalue weighted by Crippen LogP contribution is -2.01. The van der Waals surface area contributed by atoms with Gasteiger partial charge in [-0.25, -0.2) is 0 Å². The monoisotopic (exact) mass is 353 g/mol. The van der Waals surface area contributed by atoms with E-state index in [9.17, 15) is 0 Å². The molecule has 0 saturated heterocycles. The fourth-order valence-corrected chi connectivity index (χ4v) is 2.79. The van der Waals surface area contributed by atoms with Crippen molar-refractivity contribution in [2.75, 3.05) is 0 Å². The summed E-state index contributed by atoms with van der Waals surface area (Å²) in [5.41, 5.74) is 4.16. The summed E-state index contributed by atoms with van der Waals surface area (Å²) in [6.45, 7) is 2.07. The van der Waals surface area contributed by atoms with Crippen LogP contribution in [0.1, 0.15) is 28.6 Å². The molecule has 0 aliphatic carbocycles. The molecule has 4 nitrogen and oxygen atoms in total. The maximum Gasteiger partial charge on any atom is 0.258 e. The Morgan fingerprint density at radius 3 is 2.22 bits per heavy atom. The normalized spacial score (nSPS) is 12.3. The third-order valence-electron chi connectivity index (χ3n) is 4.27. The van der Waals surface area contributed by atoms with Gasteiger partial charge in [0, 0.05) is 11.8 Å². The number of hydrogen-bond acceptors (Lipinski definition) is 4. The fraction of sp³-hybridized carbons (Fsp3) is 0.0870. The van der Waals surface area contributed by atoms with E-state index in [4.69, 9.17) is 9.52 Å². The van der Waals surface area contributed by atoms with Gasteiger partial charge in [-0.2, -0.15) is 4.98 Å². The molecular formula is C23H19N3O. The van der Waals surface area contributed by atoms with Crippen molar-refractivity contribution in [3.8, 4) is 11.5 Å². The van der Waals surface area contributed by atoms with Crippen LogP contribution in [0.4, 0.5) is 0 Å². The van der Waals surface area contributed by atoms with Gasteiger partial charge in [-0.05, 0) is 30.2 Å². The summed E-state index contributed by atoms with van der Waals surface area (Å²) in [7, 11) is 0. The SMILES string of the molecule is Cc1ccc(C=NC(c2ccccc2)c2noc(-c3ccccc3)n2)cc1. The van der Waals surface area contributed by atoms with E-state index < -0.39 is 0 Å². The van der Waals surface area contributed by atoms with Crippen LogP contribution < -0.4 is 0 Å². The second kappa shape index (κ2) is 7.79. The molecule has 0 aliphatic heterocycles. The summed E-state index contributed by atoms with van der Waals surface area (Å²) in [5, 5.41) is 4.20. The molecule has 0 N–H and O–H groups in total. The average Bonchev–Trinajstić information content (AvgIpc) is 3.21. The fourth-order valence-electron chi connectivity index (χ4n) is 2.79. The average molecular weight is 353 g/mol. The number of nitrogens with zero attached hydrogens (tertiary/aromatic N) is 3.